The van der Waals surface area contributed by atoms with E-state index >= 15 is 0 Å². The molecule has 1 rings (SSSR count). The van der Waals surface area contributed by atoms with E-state index in [9.17, 15) is 14.0 Å². The monoisotopic (exact) mass is 296 g/mol. The van der Waals surface area contributed by atoms with Crippen LogP contribution in [0, 0.1) is 12.7 Å². The Morgan fingerprint density at radius 2 is 2.05 bits per heavy atom. The van der Waals surface area contributed by atoms with Crippen molar-refractivity contribution in [1.29, 1.82) is 0 Å². The number of carbonyl (C=O) groups excluding carboxylic acids is 1. The zero-order valence-corrected chi connectivity index (χ0v) is 12.7. The Morgan fingerprint density at radius 3 is 2.52 bits per heavy atom. The van der Waals surface area contributed by atoms with Gasteiger partial charge in [0.15, 0.2) is 0 Å². The fourth-order valence-electron chi connectivity index (χ4n) is 1.74. The molecule has 2 unspecified atom stereocenters. The molecule has 0 aliphatic carbocycles. The van der Waals surface area contributed by atoms with Gasteiger partial charge in [-0.2, -0.15) is 0 Å². The molecule has 0 fully saturated rings. The van der Waals surface area contributed by atoms with Crippen molar-refractivity contribution in [1.82, 2.24) is 10.6 Å². The quantitative estimate of drug-likeness (QED) is 0.781. The van der Waals surface area contributed by atoms with Crippen molar-refractivity contribution in [2.75, 3.05) is 0 Å². The molecule has 2 atom stereocenters. The van der Waals surface area contributed by atoms with E-state index in [4.69, 9.17) is 5.11 Å². The van der Waals surface area contributed by atoms with Gasteiger partial charge in [-0.25, -0.2) is 14.0 Å². The minimum absolute atomic E-state index is 0.253. The average Bonchev–Trinajstić information content (AvgIpc) is 2.41. The molecular formula is C15H21FN2O3. The van der Waals surface area contributed by atoms with E-state index in [2.05, 4.69) is 10.6 Å². The maximum Gasteiger partial charge on any atom is 0.329 e. The normalized spacial score (nSPS) is 14.9. The summed E-state index contributed by atoms with van der Waals surface area (Å²) in [7, 11) is 0. The highest BCUT2D eigenvalue weighted by atomic mass is 19.1. The van der Waals surface area contributed by atoms with Crippen LogP contribution in [0.1, 0.15) is 44.4 Å². The molecule has 1 aromatic rings. The van der Waals surface area contributed by atoms with Gasteiger partial charge in [-0.15, -0.1) is 0 Å². The van der Waals surface area contributed by atoms with E-state index in [1.165, 1.54) is 13.0 Å². The molecule has 6 heteroatoms. The van der Waals surface area contributed by atoms with Crippen LogP contribution in [0.4, 0.5) is 9.18 Å². The van der Waals surface area contributed by atoms with Crippen molar-refractivity contribution >= 4 is 12.0 Å². The summed E-state index contributed by atoms with van der Waals surface area (Å²) < 4.78 is 13.5. The number of rotatable bonds is 5. The number of aryl methyl sites for hydroxylation is 1. The molecule has 0 saturated carbocycles. The van der Waals surface area contributed by atoms with Gasteiger partial charge in [0.25, 0.3) is 0 Å². The van der Waals surface area contributed by atoms with Crippen LogP contribution < -0.4 is 10.6 Å². The molecule has 0 saturated heterocycles. The maximum atomic E-state index is 13.5. The average molecular weight is 296 g/mol. The molecule has 0 bridgehead atoms. The second-order valence-electron chi connectivity index (χ2n) is 5.32. The molecular weight excluding hydrogens is 275 g/mol. The third-order valence-corrected chi connectivity index (χ3v) is 3.61. The highest BCUT2D eigenvalue weighted by molar-refractivity contribution is 5.85. The molecule has 0 spiro atoms. The van der Waals surface area contributed by atoms with Crippen molar-refractivity contribution < 1.29 is 19.1 Å². The molecule has 0 aliphatic heterocycles. The molecule has 0 aromatic heterocycles. The minimum atomic E-state index is -1.33. The summed E-state index contributed by atoms with van der Waals surface area (Å²) in [5.41, 5.74) is -0.191. The molecule has 0 aliphatic rings. The molecule has 0 heterocycles. The van der Waals surface area contributed by atoms with Crippen molar-refractivity contribution in [2.45, 2.75) is 45.7 Å². The van der Waals surface area contributed by atoms with Crippen LogP contribution >= 0.6 is 0 Å². The molecule has 3 N–H and O–H groups in total. The van der Waals surface area contributed by atoms with Crippen LogP contribution in [0.5, 0.6) is 0 Å². The van der Waals surface area contributed by atoms with E-state index in [1.807, 2.05) is 0 Å². The number of hydrogen-bond donors (Lipinski definition) is 3. The van der Waals surface area contributed by atoms with Crippen molar-refractivity contribution in [3.05, 3.63) is 35.1 Å². The third kappa shape index (κ3) is 4.18. The predicted octanol–water partition coefficient (Wildman–Crippen LogP) is 2.75. The first kappa shape index (κ1) is 16.9. The lowest BCUT2D eigenvalue weighted by Gasteiger charge is -2.26. The van der Waals surface area contributed by atoms with Crippen molar-refractivity contribution in [3.63, 3.8) is 0 Å². The lowest BCUT2D eigenvalue weighted by atomic mass is 9.99. The van der Waals surface area contributed by atoms with Crippen LogP contribution in [0.25, 0.3) is 0 Å². The van der Waals surface area contributed by atoms with E-state index in [0.717, 1.165) is 0 Å². The molecule has 5 nitrogen and oxygen atoms in total. The fourth-order valence-corrected chi connectivity index (χ4v) is 1.74. The Bertz CT molecular complexity index is 548. The first-order valence-electron chi connectivity index (χ1n) is 6.77. The van der Waals surface area contributed by atoms with Gasteiger partial charge < -0.3 is 15.7 Å². The topological polar surface area (TPSA) is 78.4 Å². The van der Waals surface area contributed by atoms with E-state index < -0.39 is 23.6 Å². The highest BCUT2D eigenvalue weighted by Crippen LogP contribution is 2.16. The first-order chi connectivity index (χ1) is 9.69. The lowest BCUT2D eigenvalue weighted by molar-refractivity contribution is -0.143. The van der Waals surface area contributed by atoms with Crippen LogP contribution in [0.3, 0.4) is 0 Å². The maximum absolute atomic E-state index is 13.5. The van der Waals surface area contributed by atoms with Crippen LogP contribution in [0.2, 0.25) is 0 Å². The zero-order chi connectivity index (χ0) is 16.2. The zero-order valence-electron chi connectivity index (χ0n) is 12.7. The van der Waals surface area contributed by atoms with Gasteiger partial charge in [-0.05, 0) is 44.4 Å². The van der Waals surface area contributed by atoms with Crippen LogP contribution in [-0.2, 0) is 4.79 Å². The smallest absolute Gasteiger partial charge is 0.329 e. The molecule has 0 radical (unpaired) electrons. The second kappa shape index (κ2) is 6.56. The summed E-state index contributed by atoms with van der Waals surface area (Å²) in [5.74, 6) is -1.44. The molecule has 1 aromatic carbocycles. The Balaban J connectivity index is 2.74. The van der Waals surface area contributed by atoms with Gasteiger partial charge in [0.1, 0.15) is 11.4 Å². The Kier molecular flexibility index (Phi) is 5.29. The standard InChI is InChI=1S/C15H21FN2O3/c1-5-15(4,13(19)20)18-14(21)17-10(3)11-7-6-9(2)12(16)8-11/h6-8,10H,5H2,1-4H3,(H,19,20)(H2,17,18,21). The number of carboxylic acids is 1. The fraction of sp³-hybridized carbons (Fsp3) is 0.467. The van der Waals surface area contributed by atoms with Crippen molar-refractivity contribution in [2.24, 2.45) is 0 Å². The second-order valence-corrected chi connectivity index (χ2v) is 5.32. The van der Waals surface area contributed by atoms with Gasteiger partial charge in [0.2, 0.25) is 0 Å². The van der Waals surface area contributed by atoms with Crippen LogP contribution in [0.15, 0.2) is 18.2 Å². The Morgan fingerprint density at radius 1 is 1.43 bits per heavy atom. The number of aliphatic carboxylic acids is 1. The predicted molar refractivity (Wildman–Crippen MR) is 77.6 cm³/mol. The number of carbonyl (C=O) groups is 2. The summed E-state index contributed by atoms with van der Waals surface area (Å²) in [6.07, 6.45) is 0.253. The number of halogens is 1. The summed E-state index contributed by atoms with van der Waals surface area (Å²) >= 11 is 0. The first-order valence-corrected chi connectivity index (χ1v) is 6.77. The number of urea groups is 1. The summed E-state index contributed by atoms with van der Waals surface area (Å²) in [6.45, 7) is 6.47. The summed E-state index contributed by atoms with van der Waals surface area (Å²) in [4.78, 5) is 23.0. The lowest BCUT2D eigenvalue weighted by Crippen LogP contribution is -2.55. The summed E-state index contributed by atoms with van der Waals surface area (Å²) in [6, 6.07) is 3.68. The minimum Gasteiger partial charge on any atom is -0.480 e. The Labute approximate surface area is 123 Å². The van der Waals surface area contributed by atoms with Crippen LogP contribution in [-0.4, -0.2) is 22.6 Å². The van der Waals surface area contributed by atoms with E-state index in [-0.39, 0.29) is 12.2 Å². The highest BCUT2D eigenvalue weighted by Gasteiger charge is 2.33. The van der Waals surface area contributed by atoms with Gasteiger partial charge in [0.05, 0.1) is 6.04 Å². The molecule has 21 heavy (non-hydrogen) atoms. The van der Waals surface area contributed by atoms with Gasteiger partial charge in [-0.1, -0.05) is 19.1 Å². The molecule has 116 valence electrons. The van der Waals surface area contributed by atoms with Gasteiger partial charge >= 0.3 is 12.0 Å². The number of amides is 2. The van der Waals surface area contributed by atoms with E-state index in [0.29, 0.717) is 11.1 Å². The third-order valence-electron chi connectivity index (χ3n) is 3.61. The number of benzene rings is 1. The van der Waals surface area contributed by atoms with E-state index in [1.54, 1.807) is 32.9 Å². The van der Waals surface area contributed by atoms with Crippen molar-refractivity contribution in [3.8, 4) is 0 Å². The number of nitrogens with one attached hydrogen (secondary N) is 2. The molecule has 2 amide bonds. The van der Waals surface area contributed by atoms with Gasteiger partial charge in [-0.3, -0.25) is 0 Å². The number of carboxylic acid groups (broad SMARTS) is 1. The van der Waals surface area contributed by atoms with Gasteiger partial charge in [0, 0.05) is 0 Å². The summed E-state index contributed by atoms with van der Waals surface area (Å²) in [5, 5.41) is 14.1. The Hall–Kier alpha value is -2.11. The SMILES string of the molecule is CCC(C)(NC(=O)NC(C)c1ccc(C)c(F)c1)C(=O)O. The number of hydrogen-bond acceptors (Lipinski definition) is 2. The largest absolute Gasteiger partial charge is 0.480 e.